The highest BCUT2D eigenvalue weighted by Crippen LogP contribution is 2.17. The molecule has 0 fully saturated rings. The summed E-state index contributed by atoms with van der Waals surface area (Å²) in [5.41, 5.74) is 3.26. The van der Waals surface area contributed by atoms with Crippen molar-refractivity contribution in [2.75, 3.05) is 6.54 Å². The first-order valence-electron chi connectivity index (χ1n) is 10.6. The van der Waals surface area contributed by atoms with Gasteiger partial charge in [-0.25, -0.2) is 0 Å². The highest BCUT2D eigenvalue weighted by atomic mass is 16.2. The van der Waals surface area contributed by atoms with E-state index in [0.717, 1.165) is 17.5 Å². The lowest BCUT2D eigenvalue weighted by molar-refractivity contribution is -0.141. The van der Waals surface area contributed by atoms with Crippen LogP contribution in [0.25, 0.3) is 0 Å². The summed E-state index contributed by atoms with van der Waals surface area (Å²) >= 11 is 0. The molecule has 2 amide bonds. The molecule has 0 spiro atoms. The molecule has 2 aromatic rings. The molecule has 1 N–H and O–H groups in total. The van der Waals surface area contributed by atoms with Gasteiger partial charge in [-0.15, -0.1) is 0 Å². The zero-order valence-corrected chi connectivity index (χ0v) is 18.2. The van der Waals surface area contributed by atoms with Crippen molar-refractivity contribution in [1.29, 1.82) is 0 Å². The molecule has 156 valence electrons. The number of nitrogens with zero attached hydrogens (tertiary/aromatic N) is 1. The predicted molar refractivity (Wildman–Crippen MR) is 118 cm³/mol. The first-order chi connectivity index (χ1) is 13.9. The minimum absolute atomic E-state index is 0.0219. The van der Waals surface area contributed by atoms with E-state index in [1.54, 1.807) is 4.90 Å². The monoisotopic (exact) mass is 394 g/mol. The Bertz CT molecular complexity index is 769. The number of carbonyl (C=O) groups is 2. The van der Waals surface area contributed by atoms with Gasteiger partial charge in [0.05, 0.1) is 0 Å². The van der Waals surface area contributed by atoms with Crippen LogP contribution in [0.2, 0.25) is 0 Å². The summed E-state index contributed by atoms with van der Waals surface area (Å²) in [4.78, 5) is 27.9. The molecule has 0 aliphatic carbocycles. The van der Waals surface area contributed by atoms with Gasteiger partial charge in [0.15, 0.2) is 0 Å². The Morgan fingerprint density at radius 3 is 2.21 bits per heavy atom. The van der Waals surface area contributed by atoms with E-state index in [4.69, 9.17) is 0 Å². The molecule has 1 unspecified atom stereocenters. The summed E-state index contributed by atoms with van der Waals surface area (Å²) in [6.07, 6.45) is 1.70. The normalized spacial score (nSPS) is 11.9. The molecule has 0 aliphatic heterocycles. The first kappa shape index (κ1) is 22.7. The average Bonchev–Trinajstić information content (AvgIpc) is 2.71. The number of nitrogens with one attached hydrogen (secondary N) is 1. The van der Waals surface area contributed by atoms with Crippen molar-refractivity contribution in [2.24, 2.45) is 5.92 Å². The van der Waals surface area contributed by atoms with Gasteiger partial charge in [-0.2, -0.15) is 0 Å². The zero-order chi connectivity index (χ0) is 21.2. The Balaban J connectivity index is 2.33. The number of benzene rings is 2. The van der Waals surface area contributed by atoms with Gasteiger partial charge in [0.25, 0.3) is 0 Å². The molecule has 29 heavy (non-hydrogen) atoms. The summed E-state index contributed by atoms with van der Waals surface area (Å²) in [7, 11) is 0. The third kappa shape index (κ3) is 7.37. The molecule has 0 heterocycles. The third-order valence-electron chi connectivity index (χ3n) is 4.89. The molecular formula is C25H34N2O2. The van der Waals surface area contributed by atoms with E-state index in [0.29, 0.717) is 31.8 Å². The van der Waals surface area contributed by atoms with E-state index in [9.17, 15) is 9.59 Å². The maximum Gasteiger partial charge on any atom is 0.243 e. The standard InChI is InChI=1S/C25H34N2O2/c1-5-9-24(28)27(18-22-14-12-20(4)13-15-22)23(25(29)26-17-19(2)3)16-21-10-7-6-8-11-21/h6-8,10-15,19,23H,5,9,16-18H2,1-4H3,(H,26,29). The Labute approximate surface area is 175 Å². The maximum absolute atomic E-state index is 13.1. The Hall–Kier alpha value is -2.62. The second-order valence-electron chi connectivity index (χ2n) is 8.10. The second kappa shape index (κ2) is 11.4. The number of rotatable bonds is 10. The van der Waals surface area contributed by atoms with E-state index in [1.807, 2.05) is 68.4 Å². The number of hydrogen-bond donors (Lipinski definition) is 1. The summed E-state index contributed by atoms with van der Waals surface area (Å²) < 4.78 is 0. The lowest BCUT2D eigenvalue weighted by Crippen LogP contribution is -2.51. The van der Waals surface area contributed by atoms with E-state index >= 15 is 0 Å². The van der Waals surface area contributed by atoms with Crippen molar-refractivity contribution >= 4 is 11.8 Å². The van der Waals surface area contributed by atoms with Crippen LogP contribution in [-0.2, 0) is 22.6 Å². The number of amides is 2. The van der Waals surface area contributed by atoms with Crippen molar-refractivity contribution in [2.45, 2.75) is 59.5 Å². The number of aryl methyl sites for hydroxylation is 1. The Morgan fingerprint density at radius 2 is 1.62 bits per heavy atom. The van der Waals surface area contributed by atoms with Gasteiger partial charge in [0.1, 0.15) is 6.04 Å². The van der Waals surface area contributed by atoms with Crippen LogP contribution in [0.4, 0.5) is 0 Å². The topological polar surface area (TPSA) is 49.4 Å². The Kier molecular flexibility index (Phi) is 8.91. The van der Waals surface area contributed by atoms with E-state index in [2.05, 4.69) is 19.2 Å². The molecule has 0 aromatic heterocycles. The molecule has 0 bridgehead atoms. The summed E-state index contributed by atoms with van der Waals surface area (Å²) in [6, 6.07) is 17.5. The van der Waals surface area contributed by atoms with Crippen LogP contribution in [0, 0.1) is 12.8 Å². The first-order valence-corrected chi connectivity index (χ1v) is 10.6. The minimum Gasteiger partial charge on any atom is -0.354 e. The fourth-order valence-corrected chi connectivity index (χ4v) is 3.22. The number of hydrogen-bond acceptors (Lipinski definition) is 2. The summed E-state index contributed by atoms with van der Waals surface area (Å²) in [5, 5.41) is 3.04. The van der Waals surface area contributed by atoms with E-state index in [-0.39, 0.29) is 11.8 Å². The Morgan fingerprint density at radius 1 is 0.966 bits per heavy atom. The third-order valence-corrected chi connectivity index (χ3v) is 4.89. The summed E-state index contributed by atoms with van der Waals surface area (Å²) in [6.45, 7) is 9.21. The minimum atomic E-state index is -0.531. The average molecular weight is 395 g/mol. The molecular weight excluding hydrogens is 360 g/mol. The van der Waals surface area contributed by atoms with Gasteiger partial charge < -0.3 is 10.2 Å². The summed E-state index contributed by atoms with van der Waals surface area (Å²) in [5.74, 6) is 0.293. The van der Waals surface area contributed by atoms with Gasteiger partial charge in [-0.3, -0.25) is 9.59 Å². The van der Waals surface area contributed by atoms with Crippen molar-refractivity contribution in [3.05, 3.63) is 71.3 Å². The van der Waals surface area contributed by atoms with Crippen LogP contribution in [0.3, 0.4) is 0 Å². The molecule has 2 aromatic carbocycles. The molecule has 2 rings (SSSR count). The van der Waals surface area contributed by atoms with Crippen LogP contribution in [0.1, 0.15) is 50.3 Å². The molecule has 0 aliphatic rings. The highest BCUT2D eigenvalue weighted by Gasteiger charge is 2.29. The lowest BCUT2D eigenvalue weighted by Gasteiger charge is -2.32. The van der Waals surface area contributed by atoms with Crippen LogP contribution in [0.15, 0.2) is 54.6 Å². The van der Waals surface area contributed by atoms with Gasteiger partial charge in [-0.1, -0.05) is 80.9 Å². The van der Waals surface area contributed by atoms with Crippen LogP contribution in [0.5, 0.6) is 0 Å². The highest BCUT2D eigenvalue weighted by molar-refractivity contribution is 5.88. The molecule has 0 saturated carbocycles. The smallest absolute Gasteiger partial charge is 0.243 e. The van der Waals surface area contributed by atoms with Crippen molar-refractivity contribution in [3.63, 3.8) is 0 Å². The molecule has 0 saturated heterocycles. The van der Waals surface area contributed by atoms with Gasteiger partial charge in [0.2, 0.25) is 11.8 Å². The largest absolute Gasteiger partial charge is 0.354 e. The van der Waals surface area contributed by atoms with Crippen LogP contribution >= 0.6 is 0 Å². The van der Waals surface area contributed by atoms with E-state index in [1.165, 1.54) is 5.56 Å². The van der Waals surface area contributed by atoms with Gasteiger partial charge >= 0.3 is 0 Å². The van der Waals surface area contributed by atoms with Crippen molar-refractivity contribution in [3.8, 4) is 0 Å². The van der Waals surface area contributed by atoms with Crippen molar-refractivity contribution < 1.29 is 9.59 Å². The molecule has 4 nitrogen and oxygen atoms in total. The molecule has 1 atom stereocenters. The second-order valence-corrected chi connectivity index (χ2v) is 8.10. The van der Waals surface area contributed by atoms with Gasteiger partial charge in [0, 0.05) is 25.9 Å². The zero-order valence-electron chi connectivity index (χ0n) is 18.2. The fourth-order valence-electron chi connectivity index (χ4n) is 3.22. The van der Waals surface area contributed by atoms with E-state index < -0.39 is 6.04 Å². The van der Waals surface area contributed by atoms with Gasteiger partial charge in [-0.05, 0) is 30.4 Å². The maximum atomic E-state index is 13.1. The lowest BCUT2D eigenvalue weighted by atomic mass is 10.0. The predicted octanol–water partition coefficient (Wildman–Crippen LogP) is 4.51. The quantitative estimate of drug-likeness (QED) is 0.645. The van der Waals surface area contributed by atoms with Crippen molar-refractivity contribution in [1.82, 2.24) is 10.2 Å². The SMILES string of the molecule is CCCC(=O)N(Cc1ccc(C)cc1)C(Cc1ccccc1)C(=O)NCC(C)C. The van der Waals surface area contributed by atoms with Crippen LogP contribution in [-0.4, -0.2) is 29.3 Å². The van der Waals surface area contributed by atoms with Crippen LogP contribution < -0.4 is 5.32 Å². The molecule has 4 heteroatoms. The molecule has 0 radical (unpaired) electrons. The number of carbonyl (C=O) groups excluding carboxylic acids is 2. The fraction of sp³-hybridized carbons (Fsp3) is 0.440.